The molecule has 2 heterocycles. The van der Waals surface area contributed by atoms with Crippen LogP contribution >= 0.6 is 11.3 Å². The summed E-state index contributed by atoms with van der Waals surface area (Å²) in [5, 5.41) is 21.1. The summed E-state index contributed by atoms with van der Waals surface area (Å²) < 4.78 is 1.94. The highest BCUT2D eigenvalue weighted by atomic mass is 32.1. The van der Waals surface area contributed by atoms with E-state index in [2.05, 4.69) is 11.1 Å². The van der Waals surface area contributed by atoms with Gasteiger partial charge in [-0.2, -0.15) is 5.26 Å². The number of imidazole rings is 1. The van der Waals surface area contributed by atoms with Crippen molar-refractivity contribution < 1.29 is 5.11 Å². The minimum Gasteiger partial charge on any atom is -0.387 e. The number of hydrogen-bond acceptors (Lipinski definition) is 4. The predicted octanol–water partition coefficient (Wildman–Crippen LogP) is 3.22. The second kappa shape index (κ2) is 5.92. The van der Waals surface area contributed by atoms with Crippen LogP contribution in [0.25, 0.3) is 10.7 Å². The SMILES string of the molecule is N#Cc1ccc(C(O)Cn2ccnc2-c2cccs2)cc1. The quantitative estimate of drug-likeness (QED) is 0.804. The van der Waals surface area contributed by atoms with Gasteiger partial charge in [0.1, 0.15) is 5.82 Å². The third-order valence-electron chi connectivity index (χ3n) is 3.25. The topological polar surface area (TPSA) is 61.8 Å². The van der Waals surface area contributed by atoms with Crippen LogP contribution in [0.1, 0.15) is 17.2 Å². The molecule has 0 bridgehead atoms. The maximum atomic E-state index is 10.3. The fourth-order valence-corrected chi connectivity index (χ4v) is 2.90. The number of thiophene rings is 1. The van der Waals surface area contributed by atoms with Gasteiger partial charge >= 0.3 is 0 Å². The van der Waals surface area contributed by atoms with Gasteiger partial charge in [0, 0.05) is 12.4 Å². The van der Waals surface area contributed by atoms with E-state index in [9.17, 15) is 5.11 Å². The van der Waals surface area contributed by atoms with Crippen LogP contribution in [0.3, 0.4) is 0 Å². The second-order valence-corrected chi connectivity index (χ2v) is 5.58. The van der Waals surface area contributed by atoms with Gasteiger partial charge in [-0.25, -0.2) is 4.98 Å². The molecule has 3 aromatic rings. The molecule has 0 aliphatic rings. The van der Waals surface area contributed by atoms with E-state index in [1.165, 1.54) is 0 Å². The van der Waals surface area contributed by atoms with Gasteiger partial charge in [-0.15, -0.1) is 11.3 Å². The number of nitrogens with zero attached hydrogens (tertiary/aromatic N) is 3. The molecule has 3 rings (SSSR count). The van der Waals surface area contributed by atoms with Gasteiger partial charge in [-0.3, -0.25) is 0 Å². The summed E-state index contributed by atoms with van der Waals surface area (Å²) in [5.41, 5.74) is 1.38. The Bertz CT molecular complexity index is 754. The molecule has 21 heavy (non-hydrogen) atoms. The van der Waals surface area contributed by atoms with E-state index in [1.54, 1.807) is 41.8 Å². The van der Waals surface area contributed by atoms with Crippen LogP contribution in [0, 0.1) is 11.3 Å². The summed E-state index contributed by atoms with van der Waals surface area (Å²) in [5.74, 6) is 0.859. The normalized spacial score (nSPS) is 12.0. The highest BCUT2D eigenvalue weighted by Gasteiger charge is 2.12. The smallest absolute Gasteiger partial charge is 0.150 e. The highest BCUT2D eigenvalue weighted by molar-refractivity contribution is 7.13. The monoisotopic (exact) mass is 295 g/mol. The fourth-order valence-electron chi connectivity index (χ4n) is 2.16. The third kappa shape index (κ3) is 2.87. The summed E-state index contributed by atoms with van der Waals surface area (Å²) >= 11 is 1.62. The molecule has 1 atom stereocenters. The molecule has 0 saturated carbocycles. The zero-order valence-electron chi connectivity index (χ0n) is 11.2. The van der Waals surface area contributed by atoms with Gasteiger partial charge in [0.15, 0.2) is 0 Å². The molecule has 4 nitrogen and oxygen atoms in total. The lowest BCUT2D eigenvalue weighted by molar-refractivity contribution is 0.157. The number of aromatic nitrogens is 2. The molecule has 0 aliphatic carbocycles. The van der Waals surface area contributed by atoms with E-state index in [0.29, 0.717) is 12.1 Å². The van der Waals surface area contributed by atoms with Crippen LogP contribution in [0.4, 0.5) is 0 Å². The zero-order chi connectivity index (χ0) is 14.7. The van der Waals surface area contributed by atoms with Crippen molar-refractivity contribution in [3.63, 3.8) is 0 Å². The lowest BCUT2D eigenvalue weighted by atomic mass is 10.1. The Morgan fingerprint density at radius 1 is 1.29 bits per heavy atom. The Morgan fingerprint density at radius 2 is 2.10 bits per heavy atom. The highest BCUT2D eigenvalue weighted by Crippen LogP contribution is 2.25. The molecule has 0 saturated heterocycles. The number of aliphatic hydroxyl groups is 1. The number of nitriles is 1. The minimum absolute atomic E-state index is 0.430. The van der Waals surface area contributed by atoms with Gasteiger partial charge in [0.25, 0.3) is 0 Å². The number of benzene rings is 1. The first-order chi connectivity index (χ1) is 10.3. The van der Waals surface area contributed by atoms with Crippen molar-refractivity contribution in [2.45, 2.75) is 12.6 Å². The Labute approximate surface area is 126 Å². The number of aliphatic hydroxyl groups excluding tert-OH is 1. The van der Waals surface area contributed by atoms with Crippen molar-refractivity contribution in [2.75, 3.05) is 0 Å². The molecule has 1 N–H and O–H groups in total. The molecule has 0 spiro atoms. The Morgan fingerprint density at radius 3 is 2.76 bits per heavy atom. The summed E-state index contributed by atoms with van der Waals surface area (Å²) in [4.78, 5) is 5.43. The minimum atomic E-state index is -0.634. The van der Waals surface area contributed by atoms with Gasteiger partial charge in [-0.1, -0.05) is 18.2 Å². The third-order valence-corrected chi connectivity index (χ3v) is 4.12. The maximum Gasteiger partial charge on any atom is 0.150 e. The van der Waals surface area contributed by atoms with Gasteiger partial charge in [0.05, 0.1) is 29.2 Å². The van der Waals surface area contributed by atoms with Gasteiger partial charge < -0.3 is 9.67 Å². The summed E-state index contributed by atoms with van der Waals surface area (Å²) in [6.45, 7) is 0.430. The molecular weight excluding hydrogens is 282 g/mol. The Balaban J connectivity index is 1.80. The van der Waals surface area contributed by atoms with Crippen molar-refractivity contribution in [3.05, 3.63) is 65.3 Å². The van der Waals surface area contributed by atoms with Gasteiger partial charge in [-0.05, 0) is 29.1 Å². The first-order valence-corrected chi connectivity index (χ1v) is 7.39. The first kappa shape index (κ1) is 13.6. The van der Waals surface area contributed by atoms with Crippen LogP contribution in [0.15, 0.2) is 54.2 Å². The lowest BCUT2D eigenvalue weighted by Crippen LogP contribution is -2.09. The van der Waals surface area contributed by atoms with Crippen molar-refractivity contribution >= 4 is 11.3 Å². The van der Waals surface area contributed by atoms with E-state index < -0.39 is 6.10 Å². The van der Waals surface area contributed by atoms with Crippen molar-refractivity contribution in [3.8, 4) is 16.8 Å². The van der Waals surface area contributed by atoms with Crippen LogP contribution in [-0.2, 0) is 6.54 Å². The Kier molecular flexibility index (Phi) is 3.82. The fraction of sp³-hybridized carbons (Fsp3) is 0.125. The first-order valence-electron chi connectivity index (χ1n) is 6.51. The van der Waals surface area contributed by atoms with E-state index in [-0.39, 0.29) is 0 Å². The van der Waals surface area contributed by atoms with E-state index >= 15 is 0 Å². The van der Waals surface area contributed by atoms with E-state index in [4.69, 9.17) is 5.26 Å². The van der Waals surface area contributed by atoms with Crippen molar-refractivity contribution in [1.29, 1.82) is 5.26 Å². The number of rotatable bonds is 4. The molecule has 1 unspecified atom stereocenters. The molecule has 0 fully saturated rings. The molecule has 104 valence electrons. The van der Waals surface area contributed by atoms with Crippen molar-refractivity contribution in [1.82, 2.24) is 9.55 Å². The van der Waals surface area contributed by atoms with Crippen LogP contribution in [0.5, 0.6) is 0 Å². The summed E-state index contributed by atoms with van der Waals surface area (Å²) in [6, 6.07) is 13.1. The molecule has 0 aliphatic heterocycles. The molecule has 1 aromatic carbocycles. The molecular formula is C16H13N3OS. The lowest BCUT2D eigenvalue weighted by Gasteiger charge is -2.13. The molecule has 2 aromatic heterocycles. The molecule has 5 heteroatoms. The largest absolute Gasteiger partial charge is 0.387 e. The average Bonchev–Trinajstić information content (AvgIpc) is 3.18. The van der Waals surface area contributed by atoms with E-state index in [1.807, 2.05) is 28.3 Å². The standard InChI is InChI=1S/C16H13N3OS/c17-10-12-3-5-13(6-4-12)14(20)11-19-8-7-18-16(19)15-2-1-9-21-15/h1-9,14,20H,11H2. The van der Waals surface area contributed by atoms with Crippen molar-refractivity contribution in [2.24, 2.45) is 0 Å². The number of hydrogen-bond donors (Lipinski definition) is 1. The second-order valence-electron chi connectivity index (χ2n) is 4.63. The maximum absolute atomic E-state index is 10.3. The summed E-state index contributed by atoms with van der Waals surface area (Å²) in [6.07, 6.45) is 2.97. The molecule has 0 amide bonds. The van der Waals surface area contributed by atoms with E-state index in [0.717, 1.165) is 16.3 Å². The van der Waals surface area contributed by atoms with Gasteiger partial charge in [0.2, 0.25) is 0 Å². The van der Waals surface area contributed by atoms with Crippen LogP contribution in [0.2, 0.25) is 0 Å². The zero-order valence-corrected chi connectivity index (χ0v) is 12.0. The average molecular weight is 295 g/mol. The molecule has 0 radical (unpaired) electrons. The Hall–Kier alpha value is -2.42. The van der Waals surface area contributed by atoms with Crippen LogP contribution in [-0.4, -0.2) is 14.7 Å². The predicted molar refractivity (Wildman–Crippen MR) is 81.7 cm³/mol. The van der Waals surface area contributed by atoms with Crippen LogP contribution < -0.4 is 0 Å². The summed E-state index contributed by atoms with van der Waals surface area (Å²) in [7, 11) is 0.